The zero-order valence-electron chi connectivity index (χ0n) is 9.30. The van der Waals surface area contributed by atoms with Crippen LogP contribution in [0.15, 0.2) is 34.9 Å². The molecule has 18 heavy (non-hydrogen) atoms. The lowest BCUT2D eigenvalue weighted by molar-refractivity contribution is 0.558. The van der Waals surface area contributed by atoms with Gasteiger partial charge in [0, 0.05) is 12.7 Å². The Balaban J connectivity index is 2.07. The number of rotatable bonds is 2. The Morgan fingerprint density at radius 1 is 1.17 bits per heavy atom. The second kappa shape index (κ2) is 4.15. The van der Waals surface area contributed by atoms with Crippen molar-refractivity contribution in [1.29, 1.82) is 0 Å². The minimum absolute atomic E-state index is 0.174. The van der Waals surface area contributed by atoms with Gasteiger partial charge < -0.3 is 10.2 Å². The van der Waals surface area contributed by atoms with Crippen LogP contribution < -0.4 is 5.73 Å². The number of aromatic nitrogens is 3. The molecule has 0 aliphatic rings. The van der Waals surface area contributed by atoms with Crippen LogP contribution in [-0.4, -0.2) is 15.0 Å². The summed E-state index contributed by atoms with van der Waals surface area (Å²) in [6, 6.07) is 6.35. The van der Waals surface area contributed by atoms with Crippen molar-refractivity contribution < 1.29 is 8.81 Å². The van der Waals surface area contributed by atoms with E-state index in [1.165, 1.54) is 12.1 Å². The maximum atomic E-state index is 12.9. The van der Waals surface area contributed by atoms with Crippen LogP contribution in [0.1, 0.15) is 5.69 Å². The molecule has 0 bridgehead atoms. The first kappa shape index (κ1) is 10.8. The lowest BCUT2D eigenvalue weighted by atomic mass is 10.2. The van der Waals surface area contributed by atoms with E-state index >= 15 is 0 Å². The van der Waals surface area contributed by atoms with E-state index in [9.17, 15) is 4.39 Å². The third-order valence-corrected chi connectivity index (χ3v) is 2.50. The van der Waals surface area contributed by atoms with Crippen LogP contribution in [0.2, 0.25) is 0 Å². The number of oxazole rings is 1. The molecule has 3 aromatic rings. The van der Waals surface area contributed by atoms with Gasteiger partial charge in [-0.1, -0.05) is 0 Å². The van der Waals surface area contributed by atoms with E-state index < -0.39 is 5.95 Å². The Morgan fingerprint density at radius 3 is 2.78 bits per heavy atom. The minimum atomic E-state index is -0.596. The Labute approximate surface area is 101 Å². The van der Waals surface area contributed by atoms with Crippen molar-refractivity contribution in [2.24, 2.45) is 5.73 Å². The van der Waals surface area contributed by atoms with E-state index in [2.05, 4.69) is 15.0 Å². The van der Waals surface area contributed by atoms with Crippen molar-refractivity contribution in [3.8, 4) is 11.5 Å². The second-order valence-electron chi connectivity index (χ2n) is 3.72. The summed E-state index contributed by atoms with van der Waals surface area (Å²) >= 11 is 0. The largest absolute Gasteiger partial charge is 0.418 e. The molecule has 0 aromatic carbocycles. The van der Waals surface area contributed by atoms with E-state index in [0.717, 1.165) is 5.69 Å². The van der Waals surface area contributed by atoms with Crippen molar-refractivity contribution in [2.45, 2.75) is 6.54 Å². The maximum Gasteiger partial charge on any atom is 0.250 e. The van der Waals surface area contributed by atoms with Gasteiger partial charge >= 0.3 is 0 Å². The molecule has 3 rings (SSSR count). The molecule has 0 atom stereocenters. The van der Waals surface area contributed by atoms with Gasteiger partial charge in [0.1, 0.15) is 5.52 Å². The Kier molecular flexibility index (Phi) is 2.49. The quantitative estimate of drug-likeness (QED) is 0.696. The number of hydrogen-bond donors (Lipinski definition) is 1. The maximum absolute atomic E-state index is 12.9. The van der Waals surface area contributed by atoms with E-state index in [4.69, 9.17) is 10.2 Å². The first-order chi connectivity index (χ1) is 8.76. The molecule has 2 N–H and O–H groups in total. The number of nitrogens with two attached hydrogens (primary N) is 1. The molecule has 0 aliphatic carbocycles. The van der Waals surface area contributed by atoms with Gasteiger partial charge in [0.25, 0.3) is 0 Å². The Morgan fingerprint density at radius 2 is 2.06 bits per heavy atom. The number of halogens is 1. The molecular formula is C12H9FN4O. The normalized spacial score (nSPS) is 11.0. The molecule has 0 saturated heterocycles. The molecule has 0 saturated carbocycles. The molecule has 0 radical (unpaired) electrons. The fourth-order valence-electron chi connectivity index (χ4n) is 1.59. The lowest BCUT2D eigenvalue weighted by Crippen LogP contribution is -1.98. The van der Waals surface area contributed by atoms with Gasteiger partial charge in [0.15, 0.2) is 0 Å². The van der Waals surface area contributed by atoms with Crippen molar-refractivity contribution in [3.63, 3.8) is 0 Å². The van der Waals surface area contributed by atoms with E-state index in [-0.39, 0.29) is 5.71 Å². The molecule has 6 heteroatoms. The van der Waals surface area contributed by atoms with Crippen molar-refractivity contribution in [1.82, 2.24) is 15.0 Å². The van der Waals surface area contributed by atoms with Crippen LogP contribution in [0, 0.1) is 5.95 Å². The summed E-state index contributed by atoms with van der Waals surface area (Å²) in [6.45, 7) is 0.376. The van der Waals surface area contributed by atoms with Crippen LogP contribution in [0.25, 0.3) is 22.7 Å². The summed E-state index contributed by atoms with van der Waals surface area (Å²) in [7, 11) is 0. The van der Waals surface area contributed by atoms with Gasteiger partial charge in [0.2, 0.25) is 17.6 Å². The molecule has 0 fully saturated rings. The summed E-state index contributed by atoms with van der Waals surface area (Å²) in [4.78, 5) is 12.0. The fraction of sp³-hybridized carbons (Fsp3) is 0.0833. The Hall–Kier alpha value is -2.34. The van der Waals surface area contributed by atoms with Crippen LogP contribution in [0.4, 0.5) is 4.39 Å². The van der Waals surface area contributed by atoms with Crippen molar-refractivity contribution in [2.75, 3.05) is 0 Å². The van der Waals surface area contributed by atoms with E-state index in [1.807, 2.05) is 0 Å². The summed E-state index contributed by atoms with van der Waals surface area (Å²) in [6.07, 6.45) is 1.61. The van der Waals surface area contributed by atoms with Crippen molar-refractivity contribution >= 4 is 11.2 Å². The average molecular weight is 244 g/mol. The number of nitrogens with zero attached hydrogens (tertiary/aromatic N) is 3. The molecule has 0 aliphatic heterocycles. The zero-order chi connectivity index (χ0) is 12.5. The molecular weight excluding hydrogens is 235 g/mol. The number of pyridine rings is 2. The summed E-state index contributed by atoms with van der Waals surface area (Å²) < 4.78 is 18.3. The molecule has 0 spiro atoms. The van der Waals surface area contributed by atoms with Gasteiger partial charge in [-0.3, -0.25) is 4.98 Å². The van der Waals surface area contributed by atoms with Crippen LogP contribution >= 0.6 is 0 Å². The third-order valence-electron chi connectivity index (χ3n) is 2.50. The molecule has 5 nitrogen and oxygen atoms in total. The fourth-order valence-corrected chi connectivity index (χ4v) is 1.59. The number of fused-ring (bicyclic) bond motifs is 1. The topological polar surface area (TPSA) is 77.8 Å². The van der Waals surface area contributed by atoms with Gasteiger partial charge in [-0.25, -0.2) is 4.98 Å². The second-order valence-corrected chi connectivity index (χ2v) is 3.72. The highest BCUT2D eigenvalue weighted by atomic mass is 19.1. The summed E-state index contributed by atoms with van der Waals surface area (Å²) in [5.74, 6) is -0.235. The van der Waals surface area contributed by atoms with Gasteiger partial charge in [-0.15, -0.1) is 0 Å². The average Bonchev–Trinajstić information content (AvgIpc) is 2.81. The Bertz CT molecular complexity index is 693. The highest BCUT2D eigenvalue weighted by molar-refractivity contribution is 5.72. The van der Waals surface area contributed by atoms with E-state index in [1.54, 1.807) is 18.3 Å². The van der Waals surface area contributed by atoms with Crippen LogP contribution in [0.5, 0.6) is 0 Å². The highest BCUT2D eigenvalue weighted by Gasteiger charge is 2.10. The molecule has 0 amide bonds. The van der Waals surface area contributed by atoms with Gasteiger partial charge in [-0.05, 0) is 24.3 Å². The predicted octanol–water partition coefficient (Wildman–Crippen LogP) is 1.88. The standard InChI is InChI=1S/C12H9FN4O/c13-10-4-3-9-12(17-10)18-11(16-9)7-1-2-8(5-14)15-6-7/h1-4,6H,5,14H2. The van der Waals surface area contributed by atoms with Gasteiger partial charge in [-0.2, -0.15) is 9.37 Å². The first-order valence-electron chi connectivity index (χ1n) is 5.35. The zero-order valence-corrected chi connectivity index (χ0v) is 9.30. The first-order valence-corrected chi connectivity index (χ1v) is 5.35. The highest BCUT2D eigenvalue weighted by Crippen LogP contribution is 2.22. The molecule has 0 unspecified atom stereocenters. The van der Waals surface area contributed by atoms with Gasteiger partial charge in [0.05, 0.1) is 11.3 Å². The van der Waals surface area contributed by atoms with E-state index in [0.29, 0.717) is 23.5 Å². The smallest absolute Gasteiger partial charge is 0.250 e. The SMILES string of the molecule is NCc1ccc(-c2nc3ccc(F)nc3o2)cn1. The lowest BCUT2D eigenvalue weighted by Gasteiger charge is -1.96. The summed E-state index contributed by atoms with van der Waals surface area (Å²) in [5.41, 5.74) is 7.62. The minimum Gasteiger partial charge on any atom is -0.418 e. The molecule has 3 heterocycles. The van der Waals surface area contributed by atoms with Crippen LogP contribution in [0.3, 0.4) is 0 Å². The molecule has 90 valence electrons. The monoisotopic (exact) mass is 244 g/mol. The van der Waals surface area contributed by atoms with Crippen molar-refractivity contribution in [3.05, 3.63) is 42.1 Å². The third kappa shape index (κ3) is 1.82. The summed E-state index contributed by atoms with van der Waals surface area (Å²) in [5, 5.41) is 0. The van der Waals surface area contributed by atoms with Crippen LogP contribution in [-0.2, 0) is 6.54 Å². The molecule has 3 aromatic heterocycles. The predicted molar refractivity (Wildman–Crippen MR) is 62.9 cm³/mol. The number of hydrogen-bond acceptors (Lipinski definition) is 5.